The molecule has 0 atom stereocenters. The zero-order valence-corrected chi connectivity index (χ0v) is 8.74. The second kappa shape index (κ2) is 4.15. The van der Waals surface area contributed by atoms with Gasteiger partial charge >= 0.3 is 0 Å². The van der Waals surface area contributed by atoms with Gasteiger partial charge in [0.25, 0.3) is 10.1 Å². The van der Waals surface area contributed by atoms with Crippen molar-refractivity contribution >= 4 is 32.7 Å². The Morgan fingerprint density at radius 1 is 1.17 bits per heavy atom. The smallest absolute Gasteiger partial charge is 0.282 e. The Labute approximate surface area is 83.1 Å². The maximum absolute atomic E-state index is 10.5. The molecular weight excluding hydrogens is 298 g/mol. The van der Waals surface area contributed by atoms with Crippen molar-refractivity contribution in [2.75, 3.05) is 0 Å². The van der Waals surface area contributed by atoms with Crippen LogP contribution in [-0.2, 0) is 10.1 Å². The SMILES string of the molecule is F.O=S(=O)(O)c1ccc(I)cc1. The third-order valence-corrected chi connectivity index (χ3v) is 2.70. The highest BCUT2D eigenvalue weighted by molar-refractivity contribution is 14.1. The van der Waals surface area contributed by atoms with Crippen LogP contribution >= 0.6 is 22.6 Å². The molecule has 0 bridgehead atoms. The predicted molar refractivity (Wildman–Crippen MR) is 51.5 cm³/mol. The molecule has 1 aromatic carbocycles. The van der Waals surface area contributed by atoms with Crippen molar-refractivity contribution in [3.63, 3.8) is 0 Å². The number of benzene rings is 1. The number of hydrogen-bond acceptors (Lipinski definition) is 2. The van der Waals surface area contributed by atoms with Crippen LogP contribution in [-0.4, -0.2) is 13.0 Å². The summed E-state index contributed by atoms with van der Waals surface area (Å²) >= 11 is 2.05. The van der Waals surface area contributed by atoms with Gasteiger partial charge in [0.1, 0.15) is 0 Å². The van der Waals surface area contributed by atoms with E-state index in [1.807, 2.05) is 22.6 Å². The summed E-state index contributed by atoms with van der Waals surface area (Å²) in [6.45, 7) is 0. The summed E-state index contributed by atoms with van der Waals surface area (Å²) in [6, 6.07) is 5.95. The van der Waals surface area contributed by atoms with E-state index < -0.39 is 10.1 Å². The van der Waals surface area contributed by atoms with Gasteiger partial charge in [0.2, 0.25) is 0 Å². The highest BCUT2D eigenvalue weighted by Crippen LogP contribution is 2.10. The molecule has 0 unspecified atom stereocenters. The van der Waals surface area contributed by atoms with Crippen molar-refractivity contribution in [1.82, 2.24) is 0 Å². The topological polar surface area (TPSA) is 54.4 Å². The van der Waals surface area contributed by atoms with E-state index >= 15 is 0 Å². The van der Waals surface area contributed by atoms with Crippen LogP contribution in [0.4, 0.5) is 4.70 Å². The molecule has 0 aliphatic carbocycles. The Balaban J connectivity index is 0.00000121. The lowest BCUT2D eigenvalue weighted by atomic mass is 10.4. The molecule has 0 amide bonds. The summed E-state index contributed by atoms with van der Waals surface area (Å²) < 4.78 is 30.5. The number of halogens is 2. The number of rotatable bonds is 1. The molecule has 1 aromatic rings. The molecule has 1 N–H and O–H groups in total. The zero-order valence-electron chi connectivity index (χ0n) is 5.77. The third kappa shape index (κ3) is 3.03. The fraction of sp³-hybridized carbons (Fsp3) is 0. The largest absolute Gasteiger partial charge is 0.294 e. The maximum atomic E-state index is 10.5. The van der Waals surface area contributed by atoms with Gasteiger partial charge in [-0.15, -0.1) is 0 Å². The quantitative estimate of drug-likeness (QED) is 0.634. The molecule has 0 fully saturated rings. The zero-order chi connectivity index (χ0) is 8.48. The molecule has 0 aliphatic heterocycles. The molecule has 0 aromatic heterocycles. The van der Waals surface area contributed by atoms with Gasteiger partial charge in [-0.25, -0.2) is 0 Å². The molecule has 0 saturated carbocycles. The van der Waals surface area contributed by atoms with E-state index in [4.69, 9.17) is 4.55 Å². The van der Waals surface area contributed by atoms with Gasteiger partial charge < -0.3 is 0 Å². The normalized spacial score (nSPS) is 10.5. The summed E-state index contributed by atoms with van der Waals surface area (Å²) in [6.07, 6.45) is 0. The van der Waals surface area contributed by atoms with Gasteiger partial charge in [0, 0.05) is 3.57 Å². The van der Waals surface area contributed by atoms with Crippen molar-refractivity contribution in [2.45, 2.75) is 4.90 Å². The van der Waals surface area contributed by atoms with Gasteiger partial charge in [0.15, 0.2) is 0 Å². The molecule has 3 nitrogen and oxygen atoms in total. The van der Waals surface area contributed by atoms with Crippen molar-refractivity contribution in [2.24, 2.45) is 0 Å². The first kappa shape index (κ1) is 11.8. The minimum Gasteiger partial charge on any atom is -0.282 e. The van der Waals surface area contributed by atoms with Crippen molar-refractivity contribution in [1.29, 1.82) is 0 Å². The fourth-order valence-corrected chi connectivity index (χ4v) is 1.45. The van der Waals surface area contributed by atoms with Gasteiger partial charge in [-0.1, -0.05) is 0 Å². The van der Waals surface area contributed by atoms with Crippen molar-refractivity contribution in [3.8, 4) is 0 Å². The molecule has 1 rings (SSSR count). The third-order valence-electron chi connectivity index (χ3n) is 1.11. The molecule has 0 spiro atoms. The Hall–Kier alpha value is -0.210. The van der Waals surface area contributed by atoms with Gasteiger partial charge in [-0.05, 0) is 46.9 Å². The van der Waals surface area contributed by atoms with E-state index in [1.54, 1.807) is 12.1 Å². The van der Waals surface area contributed by atoms with Crippen LogP contribution < -0.4 is 0 Å². The first-order chi connectivity index (χ1) is 5.00. The van der Waals surface area contributed by atoms with Crippen LogP contribution in [0.25, 0.3) is 0 Å². The van der Waals surface area contributed by atoms with Crippen LogP contribution in [0.3, 0.4) is 0 Å². The van der Waals surface area contributed by atoms with Crippen molar-refractivity contribution in [3.05, 3.63) is 27.8 Å². The highest BCUT2D eigenvalue weighted by Gasteiger charge is 2.07. The fourth-order valence-electron chi connectivity index (χ4n) is 0.607. The van der Waals surface area contributed by atoms with Crippen LogP contribution in [0.2, 0.25) is 0 Å². The second-order valence-electron chi connectivity index (χ2n) is 1.93. The lowest BCUT2D eigenvalue weighted by Crippen LogP contribution is -1.96. The summed E-state index contributed by atoms with van der Waals surface area (Å²) in [4.78, 5) is -0.0714. The van der Waals surface area contributed by atoms with E-state index in [-0.39, 0.29) is 9.60 Å². The standard InChI is InChI=1S/C6H5IO3S.FH/c7-5-1-3-6(4-2-5)11(8,9)10;/h1-4H,(H,8,9,10);1H. The summed E-state index contributed by atoms with van der Waals surface area (Å²) in [5, 5.41) is 0. The first-order valence-corrected chi connectivity index (χ1v) is 5.25. The van der Waals surface area contributed by atoms with E-state index in [9.17, 15) is 8.42 Å². The highest BCUT2D eigenvalue weighted by atomic mass is 127. The Kier molecular flexibility index (Phi) is 4.08. The Bertz CT molecular complexity index is 346. The summed E-state index contributed by atoms with van der Waals surface area (Å²) in [7, 11) is -4.02. The van der Waals surface area contributed by atoms with Crippen LogP contribution in [0.1, 0.15) is 0 Å². The molecule has 0 saturated heterocycles. The van der Waals surface area contributed by atoms with Gasteiger partial charge in [0.05, 0.1) is 4.90 Å². The van der Waals surface area contributed by atoms with Gasteiger partial charge in [-0.2, -0.15) is 8.42 Å². The molecular formula is C6H6FIO3S. The maximum Gasteiger partial charge on any atom is 0.294 e. The van der Waals surface area contributed by atoms with Crippen molar-refractivity contribution < 1.29 is 17.7 Å². The molecule has 68 valence electrons. The molecule has 0 aliphatic rings. The predicted octanol–water partition coefficient (Wildman–Crippen LogP) is 1.69. The Morgan fingerprint density at radius 2 is 1.58 bits per heavy atom. The van der Waals surface area contributed by atoms with E-state index in [0.29, 0.717) is 0 Å². The monoisotopic (exact) mass is 304 g/mol. The molecule has 0 radical (unpaired) electrons. The summed E-state index contributed by atoms with van der Waals surface area (Å²) in [5.74, 6) is 0. The van der Waals surface area contributed by atoms with E-state index in [2.05, 4.69) is 0 Å². The molecule has 6 heteroatoms. The molecule has 12 heavy (non-hydrogen) atoms. The second-order valence-corrected chi connectivity index (χ2v) is 4.60. The average Bonchev–Trinajstić information content (AvgIpc) is 1.86. The minimum absolute atomic E-state index is 0. The first-order valence-electron chi connectivity index (χ1n) is 2.73. The minimum atomic E-state index is -4.02. The van der Waals surface area contributed by atoms with Crippen LogP contribution in [0.15, 0.2) is 29.2 Å². The number of hydrogen-bond donors (Lipinski definition) is 1. The Morgan fingerprint density at radius 3 is 1.92 bits per heavy atom. The lowest BCUT2D eigenvalue weighted by Gasteiger charge is -1.94. The lowest BCUT2D eigenvalue weighted by molar-refractivity contribution is 0.483. The van der Waals surface area contributed by atoms with Gasteiger partial charge in [-0.3, -0.25) is 9.26 Å². The van der Waals surface area contributed by atoms with Crippen LogP contribution in [0.5, 0.6) is 0 Å². The van der Waals surface area contributed by atoms with E-state index in [1.165, 1.54) is 12.1 Å². The average molecular weight is 304 g/mol. The van der Waals surface area contributed by atoms with E-state index in [0.717, 1.165) is 3.57 Å². The van der Waals surface area contributed by atoms with Crippen LogP contribution in [0, 0.1) is 3.57 Å². The summed E-state index contributed by atoms with van der Waals surface area (Å²) in [5.41, 5.74) is 0. The molecule has 0 heterocycles.